The summed E-state index contributed by atoms with van der Waals surface area (Å²) in [6, 6.07) is 6.04. The molecule has 3 N–H and O–H groups in total. The van der Waals surface area contributed by atoms with Gasteiger partial charge in [0.05, 0.1) is 11.5 Å². The number of hydrogen-bond acceptors (Lipinski definition) is 5. The van der Waals surface area contributed by atoms with E-state index in [1.165, 1.54) is 0 Å². The van der Waals surface area contributed by atoms with E-state index in [0.717, 1.165) is 43.4 Å². The average molecular weight is 424 g/mol. The highest BCUT2D eigenvalue weighted by molar-refractivity contribution is 6.04. The number of piperidine rings is 1. The molecule has 1 saturated heterocycles. The zero-order valence-electron chi connectivity index (χ0n) is 18.2. The molecule has 0 bridgehead atoms. The number of carbonyl (C=O) groups is 2. The van der Waals surface area contributed by atoms with Gasteiger partial charge >= 0.3 is 0 Å². The van der Waals surface area contributed by atoms with Gasteiger partial charge in [-0.1, -0.05) is 13.0 Å². The fourth-order valence-corrected chi connectivity index (χ4v) is 4.70. The molecule has 2 aromatic rings. The van der Waals surface area contributed by atoms with Crippen LogP contribution in [-0.2, 0) is 9.59 Å². The van der Waals surface area contributed by atoms with Gasteiger partial charge in [0.1, 0.15) is 5.82 Å². The quantitative estimate of drug-likeness (QED) is 0.700. The Bertz CT molecular complexity index is 1060. The number of rotatable bonds is 4. The maximum Gasteiger partial charge on any atom is 0.258 e. The number of hydrogen-bond donors (Lipinski definition) is 3. The summed E-state index contributed by atoms with van der Waals surface area (Å²) in [7, 11) is 0. The lowest BCUT2D eigenvalue weighted by molar-refractivity contribution is -0.123. The Balaban J connectivity index is 1.66. The van der Waals surface area contributed by atoms with Crippen LogP contribution >= 0.6 is 0 Å². The third kappa shape index (κ3) is 4.33. The van der Waals surface area contributed by atoms with Crippen molar-refractivity contribution in [2.45, 2.75) is 64.8 Å². The third-order valence-corrected chi connectivity index (χ3v) is 6.11. The molecule has 2 aliphatic heterocycles. The molecule has 0 aliphatic carbocycles. The lowest BCUT2D eigenvalue weighted by Gasteiger charge is -2.36. The van der Waals surface area contributed by atoms with E-state index < -0.39 is 5.92 Å². The van der Waals surface area contributed by atoms with Crippen LogP contribution in [0.25, 0.3) is 0 Å². The van der Waals surface area contributed by atoms with Crippen LogP contribution < -0.4 is 21.1 Å². The number of carbonyl (C=O) groups excluding carboxylic acids is 2. The van der Waals surface area contributed by atoms with Crippen LogP contribution in [0.5, 0.6) is 0 Å². The maximum atomic E-state index is 13.1. The number of aryl methyl sites for hydroxylation is 2. The Hall–Kier alpha value is -3.16. The maximum absolute atomic E-state index is 13.1. The first-order chi connectivity index (χ1) is 14.9. The molecule has 2 aliphatic rings. The van der Waals surface area contributed by atoms with E-state index in [4.69, 9.17) is 0 Å². The number of nitrogens with zero attached hydrogens (tertiary/aromatic N) is 2. The molecule has 31 heavy (non-hydrogen) atoms. The standard InChI is InChI=1S/C23H29N5O3/c1-4-16-7-5-6-8-28(16)23-26-20-19(22(31)27-23)17(12-18(29)25-20)21(30)24-15-10-13(2)9-14(3)11-15/h9-11,16-17H,4-8,12H2,1-3H3,(H,24,30)(H2,25,26,27,29,31)/t16-,17-/m1/s1. The van der Waals surface area contributed by atoms with E-state index in [-0.39, 0.29) is 35.2 Å². The van der Waals surface area contributed by atoms with E-state index in [1.807, 2.05) is 32.0 Å². The van der Waals surface area contributed by atoms with Crippen LogP contribution in [0.1, 0.15) is 61.6 Å². The van der Waals surface area contributed by atoms with Gasteiger partial charge in [0.15, 0.2) is 0 Å². The topological polar surface area (TPSA) is 107 Å². The summed E-state index contributed by atoms with van der Waals surface area (Å²) < 4.78 is 0. The number of H-pyrrole nitrogens is 1. The summed E-state index contributed by atoms with van der Waals surface area (Å²) in [5.74, 6) is -0.937. The Kier molecular flexibility index (Phi) is 5.80. The second-order valence-electron chi connectivity index (χ2n) is 8.57. The minimum absolute atomic E-state index is 0.0883. The molecule has 1 aromatic carbocycles. The summed E-state index contributed by atoms with van der Waals surface area (Å²) in [6.07, 6.45) is 4.10. The molecule has 4 rings (SSSR count). The largest absolute Gasteiger partial charge is 0.339 e. The number of nitrogens with one attached hydrogen (secondary N) is 3. The third-order valence-electron chi connectivity index (χ3n) is 6.11. The summed E-state index contributed by atoms with van der Waals surface area (Å²) >= 11 is 0. The molecule has 2 amide bonds. The molecule has 8 nitrogen and oxygen atoms in total. The Morgan fingerprint density at radius 3 is 2.65 bits per heavy atom. The van der Waals surface area contributed by atoms with E-state index in [2.05, 4.69) is 32.4 Å². The van der Waals surface area contributed by atoms with Crippen molar-refractivity contribution in [3.63, 3.8) is 0 Å². The number of benzene rings is 1. The summed E-state index contributed by atoms with van der Waals surface area (Å²) in [5, 5.41) is 5.57. The van der Waals surface area contributed by atoms with Crippen molar-refractivity contribution in [3.8, 4) is 0 Å². The molecule has 1 aromatic heterocycles. The highest BCUT2D eigenvalue weighted by Gasteiger charge is 2.35. The number of aromatic amines is 1. The van der Waals surface area contributed by atoms with Crippen molar-refractivity contribution < 1.29 is 9.59 Å². The van der Waals surface area contributed by atoms with Crippen LogP contribution in [0.3, 0.4) is 0 Å². The van der Waals surface area contributed by atoms with Crippen LogP contribution in [0.4, 0.5) is 17.5 Å². The van der Waals surface area contributed by atoms with Crippen LogP contribution in [0.2, 0.25) is 0 Å². The molecule has 2 atom stereocenters. The van der Waals surface area contributed by atoms with E-state index >= 15 is 0 Å². The van der Waals surface area contributed by atoms with Gasteiger partial charge in [0.2, 0.25) is 17.8 Å². The molecule has 0 radical (unpaired) electrons. The second kappa shape index (κ2) is 8.53. The highest BCUT2D eigenvalue weighted by atomic mass is 16.2. The van der Waals surface area contributed by atoms with Gasteiger partial charge in [0, 0.05) is 24.7 Å². The van der Waals surface area contributed by atoms with Gasteiger partial charge in [-0.05, 0) is 62.8 Å². The molecular formula is C23H29N5O3. The normalized spacial score (nSPS) is 20.7. The summed E-state index contributed by atoms with van der Waals surface area (Å²) in [5.41, 5.74) is 2.54. The Morgan fingerprint density at radius 1 is 1.19 bits per heavy atom. The fraction of sp³-hybridized carbons (Fsp3) is 0.478. The van der Waals surface area contributed by atoms with Crippen LogP contribution in [0, 0.1) is 13.8 Å². The van der Waals surface area contributed by atoms with Gasteiger partial charge in [-0.2, -0.15) is 4.98 Å². The molecular weight excluding hydrogens is 394 g/mol. The van der Waals surface area contributed by atoms with Crippen LogP contribution in [-0.4, -0.2) is 34.4 Å². The van der Waals surface area contributed by atoms with Crippen molar-refractivity contribution in [1.82, 2.24) is 9.97 Å². The SMILES string of the molecule is CC[C@@H]1CCCCN1c1nc2c(c(=O)[nH]1)[C@H](C(=O)Nc1cc(C)cc(C)c1)CC(=O)N2. The van der Waals surface area contributed by atoms with Crippen molar-refractivity contribution in [2.24, 2.45) is 0 Å². The molecule has 1 fully saturated rings. The Labute approximate surface area is 181 Å². The molecule has 0 unspecified atom stereocenters. The number of aromatic nitrogens is 2. The predicted octanol–water partition coefficient (Wildman–Crippen LogP) is 3.22. The van der Waals surface area contributed by atoms with Gasteiger partial charge < -0.3 is 15.5 Å². The van der Waals surface area contributed by atoms with Gasteiger partial charge in [-0.25, -0.2) is 0 Å². The summed E-state index contributed by atoms with van der Waals surface area (Å²) in [6.45, 7) is 6.83. The van der Waals surface area contributed by atoms with Crippen molar-refractivity contribution in [3.05, 3.63) is 45.2 Å². The zero-order valence-corrected chi connectivity index (χ0v) is 18.2. The van der Waals surface area contributed by atoms with Gasteiger partial charge in [0.25, 0.3) is 5.56 Å². The van der Waals surface area contributed by atoms with E-state index in [9.17, 15) is 14.4 Å². The molecule has 0 spiro atoms. The first-order valence-electron chi connectivity index (χ1n) is 11.0. The first kappa shape index (κ1) is 21.1. The number of amides is 2. The highest BCUT2D eigenvalue weighted by Crippen LogP contribution is 2.32. The number of fused-ring (bicyclic) bond motifs is 1. The second-order valence-corrected chi connectivity index (χ2v) is 8.57. The van der Waals surface area contributed by atoms with Crippen molar-refractivity contribution in [1.29, 1.82) is 0 Å². The lowest BCUT2D eigenvalue weighted by Crippen LogP contribution is -2.43. The molecule has 0 saturated carbocycles. The predicted molar refractivity (Wildman–Crippen MR) is 121 cm³/mol. The average Bonchev–Trinajstić information content (AvgIpc) is 2.71. The van der Waals surface area contributed by atoms with Crippen molar-refractivity contribution in [2.75, 3.05) is 22.1 Å². The summed E-state index contributed by atoms with van der Waals surface area (Å²) in [4.78, 5) is 48.0. The molecule has 8 heteroatoms. The molecule has 3 heterocycles. The minimum atomic E-state index is -0.891. The fourth-order valence-electron chi connectivity index (χ4n) is 4.70. The molecule has 164 valence electrons. The van der Waals surface area contributed by atoms with Gasteiger partial charge in [-0.3, -0.25) is 19.4 Å². The number of anilines is 3. The van der Waals surface area contributed by atoms with Gasteiger partial charge in [-0.15, -0.1) is 0 Å². The zero-order chi connectivity index (χ0) is 22.1. The van der Waals surface area contributed by atoms with Crippen molar-refractivity contribution >= 4 is 29.3 Å². The lowest BCUT2D eigenvalue weighted by atomic mass is 9.92. The first-order valence-corrected chi connectivity index (χ1v) is 11.0. The smallest absolute Gasteiger partial charge is 0.258 e. The minimum Gasteiger partial charge on any atom is -0.339 e. The van der Waals surface area contributed by atoms with E-state index in [0.29, 0.717) is 17.7 Å². The monoisotopic (exact) mass is 423 g/mol. The Morgan fingerprint density at radius 2 is 1.94 bits per heavy atom. The van der Waals surface area contributed by atoms with E-state index in [1.54, 1.807) is 0 Å². The van der Waals surface area contributed by atoms with Crippen LogP contribution in [0.15, 0.2) is 23.0 Å².